The highest BCUT2D eigenvalue weighted by atomic mass is 32.2. The van der Waals surface area contributed by atoms with Crippen molar-refractivity contribution in [2.75, 3.05) is 25.9 Å². The van der Waals surface area contributed by atoms with Gasteiger partial charge in [-0.3, -0.25) is 0 Å². The van der Waals surface area contributed by atoms with Crippen LogP contribution in [0.5, 0.6) is 0 Å². The van der Waals surface area contributed by atoms with Gasteiger partial charge >= 0.3 is 0 Å². The molecule has 1 aliphatic carbocycles. The third kappa shape index (κ3) is 4.52. The molecule has 0 heterocycles. The van der Waals surface area contributed by atoms with Gasteiger partial charge in [0.25, 0.3) is 0 Å². The maximum absolute atomic E-state index is 11.7. The average molecular weight is 276 g/mol. The van der Waals surface area contributed by atoms with E-state index in [1.54, 1.807) is 0 Å². The summed E-state index contributed by atoms with van der Waals surface area (Å²) < 4.78 is 23.4. The fourth-order valence-electron chi connectivity index (χ4n) is 2.85. The fraction of sp³-hybridized carbons (Fsp3) is 1.00. The summed E-state index contributed by atoms with van der Waals surface area (Å²) in [7, 11) is -2.89. The molecule has 0 aliphatic heterocycles. The summed E-state index contributed by atoms with van der Waals surface area (Å²) in [4.78, 5) is 2.41. The van der Waals surface area contributed by atoms with Gasteiger partial charge in [0.2, 0.25) is 0 Å². The fourth-order valence-corrected chi connectivity index (χ4v) is 4.02. The van der Waals surface area contributed by atoms with Crippen LogP contribution >= 0.6 is 0 Å². The minimum atomic E-state index is -2.89. The summed E-state index contributed by atoms with van der Waals surface area (Å²) in [5, 5.41) is -0.140. The predicted molar refractivity (Wildman–Crippen MR) is 76.4 cm³/mol. The van der Waals surface area contributed by atoms with E-state index < -0.39 is 9.84 Å². The van der Waals surface area contributed by atoms with E-state index in [0.717, 1.165) is 38.8 Å². The summed E-state index contributed by atoms with van der Waals surface area (Å²) in [5.74, 6) is 0.476. The highest BCUT2D eigenvalue weighted by molar-refractivity contribution is 7.91. The lowest BCUT2D eigenvalue weighted by Crippen LogP contribution is -2.44. The van der Waals surface area contributed by atoms with E-state index in [0.29, 0.717) is 18.5 Å². The number of nitrogens with zero attached hydrogens (tertiary/aromatic N) is 1. The molecule has 1 fully saturated rings. The molecule has 0 aromatic heterocycles. The molecule has 3 atom stereocenters. The van der Waals surface area contributed by atoms with Crippen LogP contribution in [0.15, 0.2) is 0 Å². The highest BCUT2D eigenvalue weighted by Crippen LogP contribution is 2.27. The molecular weight excluding hydrogens is 248 g/mol. The van der Waals surface area contributed by atoms with Gasteiger partial charge in [-0.25, -0.2) is 8.42 Å². The van der Waals surface area contributed by atoms with Crippen molar-refractivity contribution < 1.29 is 8.42 Å². The van der Waals surface area contributed by atoms with Crippen LogP contribution in [0, 0.1) is 5.92 Å². The van der Waals surface area contributed by atoms with Crippen LogP contribution in [0.3, 0.4) is 0 Å². The van der Waals surface area contributed by atoms with Crippen molar-refractivity contribution in [3.8, 4) is 0 Å². The molecule has 4 nitrogen and oxygen atoms in total. The summed E-state index contributed by atoms with van der Waals surface area (Å²) in [6, 6.07) is 0.414. The lowest BCUT2D eigenvalue weighted by Gasteiger charge is -2.37. The Morgan fingerprint density at radius 2 is 2.06 bits per heavy atom. The van der Waals surface area contributed by atoms with Gasteiger partial charge < -0.3 is 10.6 Å². The van der Waals surface area contributed by atoms with Crippen molar-refractivity contribution in [3.05, 3.63) is 0 Å². The summed E-state index contributed by atoms with van der Waals surface area (Å²) in [6.07, 6.45) is 5.15. The molecular formula is C13H28N2O2S. The molecule has 0 aromatic carbocycles. The molecule has 18 heavy (non-hydrogen) atoms. The van der Waals surface area contributed by atoms with Crippen molar-refractivity contribution >= 4 is 9.84 Å². The molecule has 0 aromatic rings. The van der Waals surface area contributed by atoms with Crippen LogP contribution in [-0.4, -0.2) is 50.5 Å². The van der Waals surface area contributed by atoms with Gasteiger partial charge in [-0.1, -0.05) is 20.3 Å². The Hall–Kier alpha value is -0.130. The van der Waals surface area contributed by atoms with E-state index in [4.69, 9.17) is 5.73 Å². The van der Waals surface area contributed by atoms with Gasteiger partial charge in [-0.05, 0) is 38.3 Å². The summed E-state index contributed by atoms with van der Waals surface area (Å²) in [5.41, 5.74) is 5.68. The van der Waals surface area contributed by atoms with Crippen LogP contribution < -0.4 is 5.73 Å². The molecule has 1 aliphatic rings. The maximum atomic E-state index is 11.7. The third-order valence-electron chi connectivity index (χ3n) is 4.08. The largest absolute Gasteiger partial charge is 0.330 e. The Balaban J connectivity index is 2.63. The van der Waals surface area contributed by atoms with E-state index in [2.05, 4.69) is 18.7 Å². The standard InChI is InChI=1S/C13H28N2O2S/c1-4-15(10-11(2)9-14)12-6-5-7-13(8-12)18(3,16)17/h11-13H,4-10,14H2,1-3H3. The first-order chi connectivity index (χ1) is 8.38. The van der Waals surface area contributed by atoms with Crippen LogP contribution in [0.2, 0.25) is 0 Å². The number of nitrogens with two attached hydrogens (primary N) is 1. The van der Waals surface area contributed by atoms with Crippen molar-refractivity contribution in [1.82, 2.24) is 4.90 Å². The normalized spacial score (nSPS) is 27.4. The number of hydrogen-bond donors (Lipinski definition) is 1. The predicted octanol–water partition coefficient (Wildman–Crippen LogP) is 1.26. The first-order valence-corrected chi connectivity index (χ1v) is 8.96. The third-order valence-corrected chi connectivity index (χ3v) is 5.71. The second-order valence-corrected chi connectivity index (χ2v) is 8.03. The van der Waals surface area contributed by atoms with Gasteiger partial charge in [0.05, 0.1) is 5.25 Å². The second-order valence-electron chi connectivity index (χ2n) is 5.70. The molecule has 0 amide bonds. The Bertz CT molecular complexity index is 343. The molecule has 0 spiro atoms. The molecule has 0 bridgehead atoms. The summed E-state index contributed by atoms with van der Waals surface area (Å²) in [6.45, 7) is 6.95. The van der Waals surface area contributed by atoms with Gasteiger partial charge in [0.1, 0.15) is 9.84 Å². The van der Waals surface area contributed by atoms with E-state index in [-0.39, 0.29) is 5.25 Å². The maximum Gasteiger partial charge on any atom is 0.150 e. The van der Waals surface area contributed by atoms with E-state index in [1.807, 2.05) is 0 Å². The highest BCUT2D eigenvalue weighted by Gasteiger charge is 2.31. The number of sulfone groups is 1. The van der Waals surface area contributed by atoms with Gasteiger partial charge in [-0.15, -0.1) is 0 Å². The Morgan fingerprint density at radius 1 is 1.39 bits per heavy atom. The Labute approximate surface area is 112 Å². The van der Waals surface area contributed by atoms with Gasteiger partial charge in [0, 0.05) is 18.8 Å². The van der Waals surface area contributed by atoms with Crippen molar-refractivity contribution in [2.24, 2.45) is 11.7 Å². The minimum Gasteiger partial charge on any atom is -0.330 e. The molecule has 0 saturated heterocycles. The zero-order chi connectivity index (χ0) is 13.8. The SMILES string of the molecule is CCN(CC(C)CN)C1CCCC(S(C)(=O)=O)C1. The second kappa shape index (κ2) is 6.87. The first-order valence-electron chi connectivity index (χ1n) is 7.01. The Morgan fingerprint density at radius 3 is 2.56 bits per heavy atom. The monoisotopic (exact) mass is 276 g/mol. The van der Waals surface area contributed by atoms with Crippen molar-refractivity contribution in [3.63, 3.8) is 0 Å². The smallest absolute Gasteiger partial charge is 0.150 e. The van der Waals surface area contributed by atoms with Crippen LogP contribution in [0.1, 0.15) is 39.5 Å². The molecule has 1 saturated carbocycles. The Kier molecular flexibility index (Phi) is 6.08. The van der Waals surface area contributed by atoms with E-state index >= 15 is 0 Å². The van der Waals surface area contributed by atoms with Gasteiger partial charge in [0.15, 0.2) is 0 Å². The van der Waals surface area contributed by atoms with E-state index in [9.17, 15) is 8.42 Å². The molecule has 2 N–H and O–H groups in total. The number of hydrogen-bond acceptors (Lipinski definition) is 4. The molecule has 1 rings (SSSR count). The van der Waals surface area contributed by atoms with Crippen LogP contribution in [0.4, 0.5) is 0 Å². The van der Waals surface area contributed by atoms with E-state index in [1.165, 1.54) is 6.26 Å². The quantitative estimate of drug-likeness (QED) is 0.793. The lowest BCUT2D eigenvalue weighted by molar-refractivity contribution is 0.146. The minimum absolute atomic E-state index is 0.140. The molecule has 3 unspecified atom stereocenters. The lowest BCUT2D eigenvalue weighted by atomic mass is 9.93. The van der Waals surface area contributed by atoms with Crippen LogP contribution in [0.25, 0.3) is 0 Å². The number of rotatable bonds is 6. The van der Waals surface area contributed by atoms with Crippen molar-refractivity contribution in [2.45, 2.75) is 50.8 Å². The average Bonchev–Trinajstić information content (AvgIpc) is 2.34. The molecule has 0 radical (unpaired) electrons. The summed E-state index contributed by atoms with van der Waals surface area (Å²) >= 11 is 0. The zero-order valence-corrected chi connectivity index (χ0v) is 12.7. The van der Waals surface area contributed by atoms with Crippen molar-refractivity contribution in [1.29, 1.82) is 0 Å². The molecule has 5 heteroatoms. The topological polar surface area (TPSA) is 63.4 Å². The first kappa shape index (κ1) is 15.9. The molecule has 108 valence electrons. The van der Waals surface area contributed by atoms with Gasteiger partial charge in [-0.2, -0.15) is 0 Å². The van der Waals surface area contributed by atoms with Crippen LogP contribution in [-0.2, 0) is 9.84 Å². The zero-order valence-electron chi connectivity index (χ0n) is 11.9.